The molecule has 24 heavy (non-hydrogen) atoms. The minimum absolute atomic E-state index is 0.0176. The lowest BCUT2D eigenvalue weighted by atomic mass is 9.72. The van der Waals surface area contributed by atoms with Crippen LogP contribution in [0.4, 0.5) is 0 Å². The summed E-state index contributed by atoms with van der Waals surface area (Å²) in [6, 6.07) is 9.66. The predicted molar refractivity (Wildman–Crippen MR) is 88.1 cm³/mol. The van der Waals surface area contributed by atoms with Gasteiger partial charge in [0.05, 0.1) is 17.1 Å². The highest BCUT2D eigenvalue weighted by atomic mass is 16.8. The Hall–Kier alpha value is -2.11. The highest BCUT2D eigenvalue weighted by Gasteiger charge is 2.73. The normalized spacial score (nSPS) is 38.7. The Labute approximate surface area is 139 Å². The monoisotopic (exact) mass is 325 g/mol. The quantitative estimate of drug-likeness (QED) is 0.875. The lowest BCUT2D eigenvalue weighted by Gasteiger charge is -2.37. The van der Waals surface area contributed by atoms with Crippen molar-refractivity contribution in [2.24, 2.45) is 0 Å². The number of hydrogen-bond acceptors (Lipinski definition) is 4. The Morgan fingerprint density at radius 3 is 2.67 bits per heavy atom. The van der Waals surface area contributed by atoms with Crippen molar-refractivity contribution in [3.63, 3.8) is 0 Å². The van der Waals surface area contributed by atoms with E-state index in [0.717, 1.165) is 5.56 Å². The zero-order valence-electron chi connectivity index (χ0n) is 13.8. The first-order valence-electron chi connectivity index (χ1n) is 8.28. The molecule has 5 nitrogen and oxygen atoms in total. The molecule has 5 heteroatoms. The van der Waals surface area contributed by atoms with Crippen molar-refractivity contribution in [3.8, 4) is 17.0 Å². The van der Waals surface area contributed by atoms with Gasteiger partial charge in [0.2, 0.25) is 0 Å². The summed E-state index contributed by atoms with van der Waals surface area (Å²) in [7, 11) is 0. The lowest BCUT2D eigenvalue weighted by Crippen LogP contribution is -2.57. The van der Waals surface area contributed by atoms with Crippen LogP contribution in [0.1, 0.15) is 26.3 Å². The summed E-state index contributed by atoms with van der Waals surface area (Å²) in [5.74, 6) is 0.546. The topological polar surface area (TPSA) is 60.6 Å². The Morgan fingerprint density at radius 1 is 1.17 bits per heavy atom. The van der Waals surface area contributed by atoms with E-state index in [1.54, 1.807) is 6.20 Å². The zero-order valence-corrected chi connectivity index (χ0v) is 13.8. The second-order valence-electron chi connectivity index (χ2n) is 7.29. The maximum absolute atomic E-state index is 13.3. The summed E-state index contributed by atoms with van der Waals surface area (Å²) < 4.78 is 18.2. The first-order chi connectivity index (χ1) is 11.5. The van der Waals surface area contributed by atoms with Crippen LogP contribution in [0.15, 0.2) is 41.3 Å². The summed E-state index contributed by atoms with van der Waals surface area (Å²) >= 11 is 0. The van der Waals surface area contributed by atoms with Crippen LogP contribution in [0.3, 0.4) is 0 Å². The molecule has 2 bridgehead atoms. The average molecular weight is 325 g/mol. The van der Waals surface area contributed by atoms with Crippen molar-refractivity contribution in [1.29, 1.82) is 0 Å². The number of aromatic nitrogens is 1. The Bertz CT molecular complexity index is 892. The molecule has 2 aromatic rings. The summed E-state index contributed by atoms with van der Waals surface area (Å²) in [6.07, 6.45) is 0.967. The maximum Gasteiger partial charge on any atom is 0.199 e. The number of aromatic amines is 1. The number of hydrogen-bond donors (Lipinski definition) is 1. The standard InChI is InChI=1S/C19H19NO4/c1-10-19(3)16-18(2,17(22-10)24-19)13-14(21)12(9-20-15(13)23-16)11-7-5-4-6-8-11/h4-10,16-17H,1-3H3,(H,20,21)/t10-,16+,17-,18-,19-/m1/s1. The fourth-order valence-corrected chi connectivity index (χ4v) is 4.47. The number of rotatable bonds is 1. The SMILES string of the molecule is C[C@H]1O[C@@H]2O[C@@]1(C)[C@H]1Oc3[nH]cc(-c4ccccc4)c(=O)c3[C@@]21C. The molecule has 1 N–H and O–H groups in total. The summed E-state index contributed by atoms with van der Waals surface area (Å²) in [5, 5.41) is 0. The lowest BCUT2D eigenvalue weighted by molar-refractivity contribution is -0.0924. The van der Waals surface area contributed by atoms with Crippen molar-refractivity contribution in [2.45, 2.75) is 50.3 Å². The van der Waals surface area contributed by atoms with Gasteiger partial charge in [-0.2, -0.15) is 0 Å². The number of benzene rings is 1. The minimum Gasteiger partial charge on any atom is -0.471 e. The molecule has 0 saturated carbocycles. The first-order valence-corrected chi connectivity index (χ1v) is 8.28. The second-order valence-corrected chi connectivity index (χ2v) is 7.29. The van der Waals surface area contributed by atoms with Crippen LogP contribution in [0, 0.1) is 0 Å². The molecule has 0 spiro atoms. The Kier molecular flexibility index (Phi) is 2.55. The van der Waals surface area contributed by atoms with Gasteiger partial charge in [0.1, 0.15) is 11.7 Å². The van der Waals surface area contributed by atoms with Crippen molar-refractivity contribution in [1.82, 2.24) is 4.98 Å². The van der Waals surface area contributed by atoms with E-state index in [2.05, 4.69) is 4.98 Å². The van der Waals surface area contributed by atoms with Gasteiger partial charge in [-0.1, -0.05) is 30.3 Å². The van der Waals surface area contributed by atoms with Gasteiger partial charge in [0.25, 0.3) is 0 Å². The van der Waals surface area contributed by atoms with Gasteiger partial charge in [-0.3, -0.25) is 4.79 Å². The Morgan fingerprint density at radius 2 is 1.92 bits per heavy atom. The van der Waals surface area contributed by atoms with Crippen LogP contribution < -0.4 is 10.2 Å². The van der Waals surface area contributed by atoms with E-state index >= 15 is 0 Å². The van der Waals surface area contributed by atoms with E-state index in [1.165, 1.54) is 0 Å². The molecular formula is C19H19NO4. The molecule has 3 aliphatic heterocycles. The summed E-state index contributed by atoms with van der Waals surface area (Å²) in [4.78, 5) is 16.4. The van der Waals surface area contributed by atoms with Gasteiger partial charge in [-0.05, 0) is 26.3 Å². The summed E-state index contributed by atoms with van der Waals surface area (Å²) in [5.41, 5.74) is 0.991. The zero-order chi connectivity index (χ0) is 16.7. The molecule has 5 atom stereocenters. The number of nitrogens with one attached hydrogen (secondary N) is 1. The molecular weight excluding hydrogens is 306 g/mol. The van der Waals surface area contributed by atoms with E-state index in [4.69, 9.17) is 14.2 Å². The van der Waals surface area contributed by atoms with E-state index < -0.39 is 17.3 Å². The number of ether oxygens (including phenoxy) is 3. The van der Waals surface area contributed by atoms with Crippen molar-refractivity contribution >= 4 is 0 Å². The van der Waals surface area contributed by atoms with Crippen molar-refractivity contribution in [2.75, 3.05) is 0 Å². The van der Waals surface area contributed by atoms with E-state index in [0.29, 0.717) is 17.0 Å². The smallest absolute Gasteiger partial charge is 0.199 e. The first kappa shape index (κ1) is 14.3. The van der Waals surface area contributed by atoms with Crippen LogP contribution in [0.25, 0.3) is 11.1 Å². The van der Waals surface area contributed by atoms with Gasteiger partial charge in [0, 0.05) is 11.8 Å². The van der Waals surface area contributed by atoms with Crippen LogP contribution in [0.2, 0.25) is 0 Å². The van der Waals surface area contributed by atoms with Crippen LogP contribution >= 0.6 is 0 Å². The van der Waals surface area contributed by atoms with E-state index in [-0.39, 0.29) is 17.6 Å². The predicted octanol–water partition coefficient (Wildman–Crippen LogP) is 2.59. The fourth-order valence-electron chi connectivity index (χ4n) is 4.47. The van der Waals surface area contributed by atoms with E-state index in [9.17, 15) is 4.79 Å². The molecule has 0 amide bonds. The molecule has 0 radical (unpaired) electrons. The molecule has 3 aliphatic rings. The maximum atomic E-state index is 13.3. The number of fused-ring (bicyclic) bond motifs is 7. The molecule has 0 aliphatic carbocycles. The van der Waals surface area contributed by atoms with Gasteiger partial charge in [-0.15, -0.1) is 0 Å². The van der Waals surface area contributed by atoms with E-state index in [1.807, 2.05) is 51.1 Å². The second kappa shape index (κ2) is 4.29. The van der Waals surface area contributed by atoms with Gasteiger partial charge >= 0.3 is 0 Å². The van der Waals surface area contributed by atoms with Crippen LogP contribution in [0.5, 0.6) is 5.88 Å². The molecule has 5 rings (SSSR count). The molecule has 2 saturated heterocycles. The fraction of sp³-hybridized carbons (Fsp3) is 0.421. The molecule has 0 unspecified atom stereocenters. The molecule has 4 heterocycles. The van der Waals surface area contributed by atoms with Gasteiger partial charge < -0.3 is 19.2 Å². The third-order valence-corrected chi connectivity index (χ3v) is 5.96. The molecule has 1 aromatic carbocycles. The average Bonchev–Trinajstić information content (AvgIpc) is 3.12. The van der Waals surface area contributed by atoms with Crippen LogP contribution in [-0.2, 0) is 14.9 Å². The largest absolute Gasteiger partial charge is 0.471 e. The molecule has 2 fully saturated rings. The van der Waals surface area contributed by atoms with Crippen molar-refractivity contribution in [3.05, 3.63) is 52.3 Å². The molecule has 124 valence electrons. The highest BCUT2D eigenvalue weighted by molar-refractivity contribution is 5.65. The third-order valence-electron chi connectivity index (χ3n) is 5.96. The third kappa shape index (κ3) is 1.45. The minimum atomic E-state index is -0.602. The summed E-state index contributed by atoms with van der Waals surface area (Å²) in [6.45, 7) is 6.00. The van der Waals surface area contributed by atoms with Gasteiger partial charge in [-0.25, -0.2) is 0 Å². The highest BCUT2D eigenvalue weighted by Crippen LogP contribution is 2.59. The molecule has 1 aromatic heterocycles. The van der Waals surface area contributed by atoms with Crippen molar-refractivity contribution < 1.29 is 14.2 Å². The van der Waals surface area contributed by atoms with Gasteiger partial charge in [0.15, 0.2) is 17.6 Å². The van der Waals surface area contributed by atoms with Crippen LogP contribution in [-0.4, -0.2) is 29.1 Å². The Balaban J connectivity index is 1.72. The number of pyridine rings is 1. The number of H-pyrrole nitrogens is 1.